The Labute approximate surface area is 119 Å². The van der Waals surface area contributed by atoms with Gasteiger partial charge in [0.1, 0.15) is 10.6 Å². The summed E-state index contributed by atoms with van der Waals surface area (Å²) in [5, 5.41) is 2.87. The van der Waals surface area contributed by atoms with Gasteiger partial charge >= 0.3 is 0 Å². The van der Waals surface area contributed by atoms with Crippen molar-refractivity contribution in [2.24, 2.45) is 5.73 Å². The Morgan fingerprint density at radius 3 is 2.63 bits per heavy atom. The van der Waals surface area contributed by atoms with Crippen LogP contribution < -0.4 is 11.1 Å². The van der Waals surface area contributed by atoms with E-state index < -0.39 is 5.60 Å². The van der Waals surface area contributed by atoms with Crippen LogP contribution in [-0.4, -0.2) is 23.6 Å². The van der Waals surface area contributed by atoms with Gasteiger partial charge < -0.3 is 15.8 Å². The molecular formula is C14H20N2O2S. The predicted octanol–water partition coefficient (Wildman–Crippen LogP) is 2.38. The number of hydrogen-bond acceptors (Lipinski definition) is 3. The molecule has 1 rings (SSSR count). The molecule has 1 amide bonds. The van der Waals surface area contributed by atoms with Gasteiger partial charge in [0.2, 0.25) is 0 Å². The van der Waals surface area contributed by atoms with Crippen molar-refractivity contribution in [3.8, 4) is 0 Å². The maximum absolute atomic E-state index is 12.2. The minimum atomic E-state index is -0.842. The standard InChI is InChI=1S/C14H20N2O2S/c1-5-14(3,18-4)13(17)16-11-8-10(12(15)19)7-6-9(11)2/h6-8H,5H2,1-4H3,(H2,15,19)(H,16,17). The van der Waals surface area contributed by atoms with Crippen LogP contribution in [-0.2, 0) is 9.53 Å². The van der Waals surface area contributed by atoms with Crippen molar-refractivity contribution in [2.45, 2.75) is 32.8 Å². The number of nitrogens with two attached hydrogens (primary N) is 1. The lowest BCUT2D eigenvalue weighted by molar-refractivity contribution is -0.136. The number of carbonyl (C=O) groups excluding carboxylic acids is 1. The van der Waals surface area contributed by atoms with Gasteiger partial charge in [-0.05, 0) is 31.9 Å². The van der Waals surface area contributed by atoms with Crippen LogP contribution in [0.5, 0.6) is 0 Å². The van der Waals surface area contributed by atoms with Gasteiger partial charge in [-0.25, -0.2) is 0 Å². The predicted molar refractivity (Wildman–Crippen MR) is 81.4 cm³/mol. The summed E-state index contributed by atoms with van der Waals surface area (Å²) >= 11 is 4.94. The first-order chi connectivity index (χ1) is 8.84. The summed E-state index contributed by atoms with van der Waals surface area (Å²) in [5.41, 5.74) is 7.13. The molecule has 0 radical (unpaired) electrons. The maximum atomic E-state index is 12.2. The molecule has 1 aromatic rings. The number of hydrogen-bond donors (Lipinski definition) is 2. The zero-order chi connectivity index (χ0) is 14.6. The summed E-state index contributed by atoms with van der Waals surface area (Å²) in [5.74, 6) is -0.180. The molecule has 104 valence electrons. The summed E-state index contributed by atoms with van der Waals surface area (Å²) in [4.78, 5) is 12.5. The van der Waals surface area contributed by atoms with E-state index in [9.17, 15) is 4.79 Å². The third-order valence-electron chi connectivity index (χ3n) is 3.38. The molecule has 0 aliphatic rings. The van der Waals surface area contributed by atoms with Crippen molar-refractivity contribution in [1.82, 2.24) is 0 Å². The second-order valence-electron chi connectivity index (χ2n) is 4.64. The molecule has 0 aromatic heterocycles. The molecule has 0 heterocycles. The van der Waals surface area contributed by atoms with E-state index in [1.807, 2.05) is 26.0 Å². The fourth-order valence-corrected chi connectivity index (χ4v) is 1.69. The molecule has 0 spiro atoms. The number of ether oxygens (including phenoxy) is 1. The smallest absolute Gasteiger partial charge is 0.256 e. The molecule has 1 aromatic carbocycles. The summed E-state index contributed by atoms with van der Waals surface area (Å²) in [6, 6.07) is 5.49. The summed E-state index contributed by atoms with van der Waals surface area (Å²) in [6.07, 6.45) is 0.587. The largest absolute Gasteiger partial charge is 0.389 e. The van der Waals surface area contributed by atoms with E-state index in [1.54, 1.807) is 13.0 Å². The molecule has 4 nitrogen and oxygen atoms in total. The fourth-order valence-electron chi connectivity index (χ4n) is 1.56. The average Bonchev–Trinajstić information content (AvgIpc) is 2.39. The molecular weight excluding hydrogens is 260 g/mol. The van der Waals surface area contributed by atoms with E-state index >= 15 is 0 Å². The Morgan fingerprint density at radius 2 is 2.16 bits per heavy atom. The van der Waals surface area contributed by atoms with Crippen LogP contribution in [0.3, 0.4) is 0 Å². The SMILES string of the molecule is CCC(C)(OC)C(=O)Nc1cc(C(N)=S)ccc1C. The molecule has 19 heavy (non-hydrogen) atoms. The lowest BCUT2D eigenvalue weighted by atomic mass is 10.0. The van der Waals surface area contributed by atoms with Crippen molar-refractivity contribution in [3.05, 3.63) is 29.3 Å². The number of benzene rings is 1. The summed E-state index contributed by atoms with van der Waals surface area (Å²) in [6.45, 7) is 5.57. The van der Waals surface area contributed by atoms with Gasteiger partial charge in [0, 0.05) is 18.4 Å². The van der Waals surface area contributed by atoms with E-state index in [-0.39, 0.29) is 5.91 Å². The Bertz CT molecular complexity index is 496. The highest BCUT2D eigenvalue weighted by atomic mass is 32.1. The molecule has 5 heteroatoms. The van der Waals surface area contributed by atoms with Gasteiger partial charge in [-0.3, -0.25) is 4.79 Å². The molecule has 0 saturated carbocycles. The van der Waals surface area contributed by atoms with E-state index in [1.165, 1.54) is 7.11 Å². The number of thiocarbonyl (C=S) groups is 1. The third kappa shape index (κ3) is 3.52. The number of nitrogens with one attached hydrogen (secondary N) is 1. The molecule has 0 saturated heterocycles. The highest BCUT2D eigenvalue weighted by Gasteiger charge is 2.31. The van der Waals surface area contributed by atoms with Gasteiger partial charge in [0.15, 0.2) is 0 Å². The first-order valence-corrected chi connectivity index (χ1v) is 6.52. The summed E-state index contributed by atoms with van der Waals surface area (Å²) in [7, 11) is 1.53. The first-order valence-electron chi connectivity index (χ1n) is 6.11. The van der Waals surface area contributed by atoms with E-state index in [4.69, 9.17) is 22.7 Å². The molecule has 1 unspecified atom stereocenters. The van der Waals surface area contributed by atoms with Gasteiger partial charge in [0.05, 0.1) is 0 Å². The zero-order valence-corrected chi connectivity index (χ0v) is 12.6. The van der Waals surface area contributed by atoms with Gasteiger partial charge in [-0.2, -0.15) is 0 Å². The van der Waals surface area contributed by atoms with Crippen LogP contribution in [0.25, 0.3) is 0 Å². The lowest BCUT2D eigenvalue weighted by Gasteiger charge is -2.25. The van der Waals surface area contributed by atoms with Gasteiger partial charge in [0.25, 0.3) is 5.91 Å². The monoisotopic (exact) mass is 280 g/mol. The zero-order valence-electron chi connectivity index (χ0n) is 11.7. The number of anilines is 1. The molecule has 0 aliphatic heterocycles. The highest BCUT2D eigenvalue weighted by Crippen LogP contribution is 2.21. The highest BCUT2D eigenvalue weighted by molar-refractivity contribution is 7.80. The van der Waals surface area contributed by atoms with E-state index in [0.717, 1.165) is 11.1 Å². The minimum Gasteiger partial charge on any atom is -0.389 e. The van der Waals surface area contributed by atoms with Crippen molar-refractivity contribution in [2.75, 3.05) is 12.4 Å². The Balaban J connectivity index is 3.02. The molecule has 0 fully saturated rings. The molecule has 1 atom stereocenters. The topological polar surface area (TPSA) is 64.3 Å². The fraction of sp³-hybridized carbons (Fsp3) is 0.429. The summed E-state index contributed by atoms with van der Waals surface area (Å²) < 4.78 is 5.28. The number of aryl methyl sites for hydroxylation is 1. The normalized spacial score (nSPS) is 13.7. The van der Waals surface area contributed by atoms with Crippen molar-refractivity contribution < 1.29 is 9.53 Å². The van der Waals surface area contributed by atoms with Crippen LogP contribution in [0.4, 0.5) is 5.69 Å². The van der Waals surface area contributed by atoms with E-state index in [2.05, 4.69) is 5.32 Å². The molecule has 0 bridgehead atoms. The molecule has 0 aliphatic carbocycles. The second kappa shape index (κ2) is 6.12. The minimum absolute atomic E-state index is 0.180. The Kier molecular flexibility index (Phi) is 5.03. The number of rotatable bonds is 5. The first kappa shape index (κ1) is 15.6. The second-order valence-corrected chi connectivity index (χ2v) is 5.08. The van der Waals surface area contributed by atoms with Crippen LogP contribution in [0.1, 0.15) is 31.4 Å². The van der Waals surface area contributed by atoms with Crippen LogP contribution in [0.15, 0.2) is 18.2 Å². The number of amides is 1. The van der Waals surface area contributed by atoms with E-state index in [0.29, 0.717) is 17.1 Å². The Hall–Kier alpha value is -1.46. The van der Waals surface area contributed by atoms with Crippen molar-refractivity contribution in [1.29, 1.82) is 0 Å². The van der Waals surface area contributed by atoms with Gasteiger partial charge in [-0.1, -0.05) is 31.3 Å². The van der Waals surface area contributed by atoms with Crippen LogP contribution in [0, 0.1) is 6.92 Å². The van der Waals surface area contributed by atoms with Crippen molar-refractivity contribution >= 4 is 28.8 Å². The number of carbonyl (C=O) groups is 1. The quantitative estimate of drug-likeness (QED) is 0.813. The van der Waals surface area contributed by atoms with Gasteiger partial charge in [-0.15, -0.1) is 0 Å². The average molecular weight is 280 g/mol. The number of methoxy groups -OCH3 is 1. The van der Waals surface area contributed by atoms with Crippen molar-refractivity contribution in [3.63, 3.8) is 0 Å². The Morgan fingerprint density at radius 1 is 1.53 bits per heavy atom. The lowest BCUT2D eigenvalue weighted by Crippen LogP contribution is -2.41. The third-order valence-corrected chi connectivity index (χ3v) is 3.61. The molecule has 3 N–H and O–H groups in total. The van der Waals surface area contributed by atoms with Crippen LogP contribution >= 0.6 is 12.2 Å². The van der Waals surface area contributed by atoms with Crippen LogP contribution in [0.2, 0.25) is 0 Å². The maximum Gasteiger partial charge on any atom is 0.256 e.